The van der Waals surface area contributed by atoms with Gasteiger partial charge in [0.1, 0.15) is 12.2 Å². The Morgan fingerprint density at radius 3 is 2.72 bits per heavy atom. The Balaban J connectivity index is 2.46. The number of hydrogen-bond acceptors (Lipinski definition) is 4. The van der Waals surface area contributed by atoms with Crippen LogP contribution in [0.4, 0.5) is 0 Å². The van der Waals surface area contributed by atoms with E-state index in [-0.39, 0.29) is 17.5 Å². The highest BCUT2D eigenvalue weighted by Gasteiger charge is 2.19. The molecule has 0 bridgehead atoms. The lowest BCUT2D eigenvalue weighted by atomic mass is 10.1. The maximum absolute atomic E-state index is 11.9. The topological polar surface area (TPSA) is 71.8 Å². The summed E-state index contributed by atoms with van der Waals surface area (Å²) in [5.74, 6) is 0.831. The van der Waals surface area contributed by atoms with E-state index in [2.05, 4.69) is 20.8 Å². The Labute approximate surface area is 108 Å². The van der Waals surface area contributed by atoms with Gasteiger partial charge in [-0.25, -0.2) is 0 Å². The Bertz CT molecular complexity index is 393. The summed E-state index contributed by atoms with van der Waals surface area (Å²) in [6, 6.07) is -0.258. The molecule has 0 saturated heterocycles. The van der Waals surface area contributed by atoms with Crippen LogP contribution in [0.15, 0.2) is 6.33 Å². The standard InChI is InChI=1S/C12H23N5O/c1-6-17-8-14-16-10(17)7-13-9(2)11(18)15-12(3,4)5/h8-9,13H,6-7H2,1-5H3,(H,15,18). The second-order valence-corrected chi connectivity index (χ2v) is 5.38. The first-order valence-electron chi connectivity index (χ1n) is 6.25. The molecular weight excluding hydrogens is 230 g/mol. The number of aromatic nitrogens is 3. The van der Waals surface area contributed by atoms with E-state index in [1.807, 2.05) is 39.2 Å². The van der Waals surface area contributed by atoms with E-state index in [1.165, 1.54) is 0 Å². The van der Waals surface area contributed by atoms with Crippen molar-refractivity contribution < 1.29 is 4.79 Å². The maximum Gasteiger partial charge on any atom is 0.237 e. The fourth-order valence-electron chi connectivity index (χ4n) is 1.49. The van der Waals surface area contributed by atoms with E-state index in [0.717, 1.165) is 12.4 Å². The normalized spacial score (nSPS) is 13.4. The highest BCUT2D eigenvalue weighted by molar-refractivity contribution is 5.81. The Kier molecular flexibility index (Phi) is 4.84. The summed E-state index contributed by atoms with van der Waals surface area (Å²) in [4.78, 5) is 11.9. The summed E-state index contributed by atoms with van der Waals surface area (Å²) >= 11 is 0. The first-order valence-corrected chi connectivity index (χ1v) is 6.25. The molecular formula is C12H23N5O. The van der Waals surface area contributed by atoms with Gasteiger partial charge in [0.05, 0.1) is 12.6 Å². The van der Waals surface area contributed by atoms with Crippen molar-refractivity contribution in [1.29, 1.82) is 0 Å². The van der Waals surface area contributed by atoms with Crippen molar-refractivity contribution in [3.8, 4) is 0 Å². The first kappa shape index (κ1) is 14.6. The number of hydrogen-bond donors (Lipinski definition) is 2. The number of aryl methyl sites for hydroxylation is 1. The molecule has 1 amide bonds. The van der Waals surface area contributed by atoms with Gasteiger partial charge >= 0.3 is 0 Å². The quantitative estimate of drug-likeness (QED) is 0.810. The second kappa shape index (κ2) is 5.95. The molecule has 0 radical (unpaired) electrons. The molecule has 6 nitrogen and oxygen atoms in total. The summed E-state index contributed by atoms with van der Waals surface area (Å²) in [5, 5.41) is 13.9. The van der Waals surface area contributed by atoms with Gasteiger partial charge in [-0.2, -0.15) is 0 Å². The average molecular weight is 253 g/mol. The molecule has 1 aromatic rings. The van der Waals surface area contributed by atoms with Crippen molar-refractivity contribution in [1.82, 2.24) is 25.4 Å². The van der Waals surface area contributed by atoms with Gasteiger partial charge in [-0.15, -0.1) is 10.2 Å². The van der Waals surface area contributed by atoms with E-state index in [1.54, 1.807) is 6.33 Å². The number of nitrogens with zero attached hydrogens (tertiary/aromatic N) is 3. The summed E-state index contributed by atoms with van der Waals surface area (Å²) in [5.41, 5.74) is -0.212. The van der Waals surface area contributed by atoms with E-state index in [0.29, 0.717) is 6.54 Å². The van der Waals surface area contributed by atoms with Crippen molar-refractivity contribution in [3.63, 3.8) is 0 Å². The zero-order valence-corrected chi connectivity index (χ0v) is 11.8. The molecule has 1 heterocycles. The Morgan fingerprint density at radius 1 is 1.50 bits per heavy atom. The van der Waals surface area contributed by atoms with Crippen molar-refractivity contribution in [2.75, 3.05) is 0 Å². The van der Waals surface area contributed by atoms with E-state index >= 15 is 0 Å². The van der Waals surface area contributed by atoms with Crippen molar-refractivity contribution in [2.45, 2.75) is 59.3 Å². The van der Waals surface area contributed by atoms with Crippen LogP contribution in [0, 0.1) is 0 Å². The fraction of sp³-hybridized carbons (Fsp3) is 0.750. The van der Waals surface area contributed by atoms with E-state index in [4.69, 9.17) is 0 Å². The van der Waals surface area contributed by atoms with Gasteiger partial charge in [-0.1, -0.05) is 0 Å². The molecule has 0 spiro atoms. The third kappa shape index (κ3) is 4.44. The van der Waals surface area contributed by atoms with Gasteiger partial charge in [0, 0.05) is 12.1 Å². The molecule has 0 saturated carbocycles. The molecule has 0 aliphatic heterocycles. The molecule has 1 aromatic heterocycles. The molecule has 18 heavy (non-hydrogen) atoms. The number of carbonyl (C=O) groups is 1. The van der Waals surface area contributed by atoms with Gasteiger partial charge in [0.2, 0.25) is 5.91 Å². The SMILES string of the molecule is CCn1cnnc1CNC(C)C(=O)NC(C)(C)C. The molecule has 1 atom stereocenters. The summed E-state index contributed by atoms with van der Waals surface area (Å²) < 4.78 is 1.95. The number of nitrogens with one attached hydrogen (secondary N) is 2. The molecule has 1 unspecified atom stereocenters. The molecule has 2 N–H and O–H groups in total. The van der Waals surface area contributed by atoms with Crippen LogP contribution in [0.1, 0.15) is 40.4 Å². The third-order valence-electron chi connectivity index (χ3n) is 2.49. The van der Waals surface area contributed by atoms with Crippen molar-refractivity contribution in [2.24, 2.45) is 0 Å². The predicted octanol–water partition coefficient (Wildman–Crippen LogP) is 0.691. The van der Waals surface area contributed by atoms with Crippen molar-refractivity contribution in [3.05, 3.63) is 12.2 Å². The molecule has 0 aromatic carbocycles. The Hall–Kier alpha value is -1.43. The molecule has 102 valence electrons. The van der Waals surface area contributed by atoms with Gasteiger partial charge in [0.25, 0.3) is 0 Å². The average Bonchev–Trinajstić information content (AvgIpc) is 2.70. The van der Waals surface area contributed by atoms with Crippen LogP contribution < -0.4 is 10.6 Å². The van der Waals surface area contributed by atoms with E-state index in [9.17, 15) is 4.79 Å². The minimum absolute atomic E-state index is 0.00920. The van der Waals surface area contributed by atoms with Crippen LogP contribution in [0.2, 0.25) is 0 Å². The van der Waals surface area contributed by atoms with Crippen LogP contribution in [-0.4, -0.2) is 32.3 Å². The minimum Gasteiger partial charge on any atom is -0.350 e. The molecule has 0 fully saturated rings. The smallest absolute Gasteiger partial charge is 0.237 e. The summed E-state index contributed by atoms with van der Waals surface area (Å²) in [6.45, 7) is 11.1. The number of carbonyl (C=O) groups excluding carboxylic acids is 1. The third-order valence-corrected chi connectivity index (χ3v) is 2.49. The van der Waals surface area contributed by atoms with Crippen LogP contribution in [0.3, 0.4) is 0 Å². The van der Waals surface area contributed by atoms with Crippen molar-refractivity contribution >= 4 is 5.91 Å². The molecule has 1 rings (SSSR count). The van der Waals surface area contributed by atoms with Crippen LogP contribution in [-0.2, 0) is 17.9 Å². The number of rotatable bonds is 5. The second-order valence-electron chi connectivity index (χ2n) is 5.38. The lowest BCUT2D eigenvalue weighted by Crippen LogP contribution is -2.49. The van der Waals surface area contributed by atoms with Gasteiger partial charge in [-0.3, -0.25) is 10.1 Å². The summed E-state index contributed by atoms with van der Waals surface area (Å²) in [7, 11) is 0. The highest BCUT2D eigenvalue weighted by atomic mass is 16.2. The minimum atomic E-state index is -0.258. The van der Waals surface area contributed by atoms with E-state index < -0.39 is 0 Å². The van der Waals surface area contributed by atoms with Crippen LogP contribution in [0.25, 0.3) is 0 Å². The van der Waals surface area contributed by atoms with Gasteiger partial charge < -0.3 is 9.88 Å². The fourth-order valence-corrected chi connectivity index (χ4v) is 1.49. The molecule has 6 heteroatoms. The van der Waals surface area contributed by atoms with Gasteiger partial charge in [-0.05, 0) is 34.6 Å². The van der Waals surface area contributed by atoms with Crippen LogP contribution >= 0.6 is 0 Å². The zero-order chi connectivity index (χ0) is 13.8. The lowest BCUT2D eigenvalue weighted by Gasteiger charge is -2.23. The maximum atomic E-state index is 11.9. The predicted molar refractivity (Wildman–Crippen MR) is 69.9 cm³/mol. The molecule has 0 aliphatic rings. The lowest BCUT2D eigenvalue weighted by molar-refractivity contribution is -0.124. The van der Waals surface area contributed by atoms with Gasteiger partial charge in [0.15, 0.2) is 0 Å². The summed E-state index contributed by atoms with van der Waals surface area (Å²) in [6.07, 6.45) is 1.69. The van der Waals surface area contributed by atoms with Crippen LogP contribution in [0.5, 0.6) is 0 Å². The number of amides is 1. The largest absolute Gasteiger partial charge is 0.350 e. The zero-order valence-electron chi connectivity index (χ0n) is 11.8. The monoisotopic (exact) mass is 253 g/mol. The first-order chi connectivity index (χ1) is 8.33. The Morgan fingerprint density at radius 2 is 2.17 bits per heavy atom. The molecule has 0 aliphatic carbocycles. The highest BCUT2D eigenvalue weighted by Crippen LogP contribution is 2.00.